The van der Waals surface area contributed by atoms with Gasteiger partial charge in [0.25, 0.3) is 5.56 Å². The van der Waals surface area contributed by atoms with Gasteiger partial charge in [-0.05, 0) is 43.5 Å². The minimum Gasteiger partial charge on any atom is -0.494 e. The van der Waals surface area contributed by atoms with E-state index >= 15 is 0 Å². The molecule has 0 aliphatic heterocycles. The zero-order valence-corrected chi connectivity index (χ0v) is 14.7. The maximum Gasteiger partial charge on any atom is 0.262 e. The predicted octanol–water partition coefficient (Wildman–Crippen LogP) is 4.29. The summed E-state index contributed by atoms with van der Waals surface area (Å²) in [4.78, 5) is 17.5. The van der Waals surface area contributed by atoms with Crippen LogP contribution in [0.4, 0.5) is 0 Å². The predicted molar refractivity (Wildman–Crippen MR) is 102 cm³/mol. The molecule has 3 aromatic rings. The Labute approximate surface area is 150 Å². The van der Waals surface area contributed by atoms with Crippen LogP contribution in [-0.4, -0.2) is 21.9 Å². The molecule has 25 heavy (non-hydrogen) atoms. The fourth-order valence-corrected chi connectivity index (χ4v) is 3.79. The Morgan fingerprint density at radius 2 is 1.84 bits per heavy atom. The van der Waals surface area contributed by atoms with Gasteiger partial charge in [0, 0.05) is 11.8 Å². The highest BCUT2D eigenvalue weighted by atomic mass is 32.2. The first kappa shape index (κ1) is 16.2. The molecule has 1 aromatic heterocycles. The van der Waals surface area contributed by atoms with Crippen LogP contribution in [0.15, 0.2) is 64.5 Å². The average Bonchev–Trinajstić information content (AvgIpc) is 3.47. The summed E-state index contributed by atoms with van der Waals surface area (Å²) in [5.74, 6) is 1.77. The SMILES string of the molecule is O=c1c2ccccc2nc(SCCCOc2ccccc2)n1C1CC1. The minimum atomic E-state index is 0.0936. The first-order chi connectivity index (χ1) is 12.3. The number of hydrogen-bond donors (Lipinski definition) is 0. The van der Waals surface area contributed by atoms with Crippen LogP contribution in [0.1, 0.15) is 25.3 Å². The first-order valence-electron chi connectivity index (χ1n) is 8.65. The van der Waals surface area contributed by atoms with Gasteiger partial charge in [-0.25, -0.2) is 4.98 Å². The molecule has 0 atom stereocenters. The molecule has 0 saturated heterocycles. The van der Waals surface area contributed by atoms with Crippen molar-refractivity contribution in [1.29, 1.82) is 0 Å². The van der Waals surface area contributed by atoms with E-state index in [0.29, 0.717) is 18.0 Å². The van der Waals surface area contributed by atoms with E-state index in [1.54, 1.807) is 11.8 Å². The molecular weight excluding hydrogens is 332 g/mol. The summed E-state index contributed by atoms with van der Waals surface area (Å²) in [6.07, 6.45) is 3.06. The molecule has 1 aliphatic rings. The lowest BCUT2D eigenvalue weighted by Crippen LogP contribution is -2.22. The van der Waals surface area contributed by atoms with Crippen molar-refractivity contribution in [2.75, 3.05) is 12.4 Å². The van der Waals surface area contributed by atoms with Gasteiger partial charge in [-0.2, -0.15) is 0 Å². The van der Waals surface area contributed by atoms with Gasteiger partial charge in [-0.3, -0.25) is 9.36 Å². The molecule has 1 fully saturated rings. The van der Waals surface area contributed by atoms with Gasteiger partial charge in [-0.15, -0.1) is 0 Å². The Morgan fingerprint density at radius 1 is 1.08 bits per heavy atom. The third-order valence-corrected chi connectivity index (χ3v) is 5.26. The molecule has 2 aromatic carbocycles. The van der Waals surface area contributed by atoms with Crippen molar-refractivity contribution in [1.82, 2.24) is 9.55 Å². The fourth-order valence-electron chi connectivity index (χ4n) is 2.81. The van der Waals surface area contributed by atoms with E-state index in [1.807, 2.05) is 59.2 Å². The minimum absolute atomic E-state index is 0.0936. The Morgan fingerprint density at radius 3 is 2.64 bits per heavy atom. The summed E-state index contributed by atoms with van der Waals surface area (Å²) in [6.45, 7) is 0.665. The number of fused-ring (bicyclic) bond motifs is 1. The molecule has 4 nitrogen and oxygen atoms in total. The van der Waals surface area contributed by atoms with Gasteiger partial charge >= 0.3 is 0 Å². The maximum atomic E-state index is 12.8. The third-order valence-electron chi connectivity index (χ3n) is 4.22. The molecule has 1 heterocycles. The van der Waals surface area contributed by atoms with Crippen LogP contribution in [0.2, 0.25) is 0 Å². The zero-order valence-electron chi connectivity index (χ0n) is 13.9. The van der Waals surface area contributed by atoms with Gasteiger partial charge in [0.15, 0.2) is 5.16 Å². The monoisotopic (exact) mass is 352 g/mol. The van der Waals surface area contributed by atoms with E-state index in [0.717, 1.165) is 41.4 Å². The molecule has 1 aliphatic carbocycles. The number of hydrogen-bond acceptors (Lipinski definition) is 4. The topological polar surface area (TPSA) is 44.1 Å². The molecule has 0 spiro atoms. The lowest BCUT2D eigenvalue weighted by Gasteiger charge is -2.12. The van der Waals surface area contributed by atoms with Gasteiger partial charge < -0.3 is 4.74 Å². The molecule has 5 heteroatoms. The van der Waals surface area contributed by atoms with Crippen LogP contribution in [0.5, 0.6) is 5.75 Å². The summed E-state index contributed by atoms with van der Waals surface area (Å²) in [5.41, 5.74) is 0.878. The van der Waals surface area contributed by atoms with Gasteiger partial charge in [-0.1, -0.05) is 42.1 Å². The van der Waals surface area contributed by atoms with Crippen LogP contribution in [0, 0.1) is 0 Å². The van der Waals surface area contributed by atoms with Crippen LogP contribution in [0.3, 0.4) is 0 Å². The van der Waals surface area contributed by atoms with Crippen molar-refractivity contribution in [3.05, 3.63) is 65.0 Å². The molecule has 4 rings (SSSR count). The quantitative estimate of drug-likeness (QED) is 0.361. The average molecular weight is 352 g/mol. The number of para-hydroxylation sites is 2. The summed E-state index contributed by atoms with van der Waals surface area (Å²) < 4.78 is 7.62. The van der Waals surface area contributed by atoms with Crippen LogP contribution in [0.25, 0.3) is 10.9 Å². The number of benzene rings is 2. The summed E-state index contributed by atoms with van der Waals surface area (Å²) in [7, 11) is 0. The summed E-state index contributed by atoms with van der Waals surface area (Å²) in [6, 6.07) is 17.8. The molecule has 0 radical (unpaired) electrons. The molecular formula is C20H20N2O2S. The van der Waals surface area contributed by atoms with Crippen LogP contribution in [-0.2, 0) is 0 Å². The smallest absolute Gasteiger partial charge is 0.262 e. The number of nitrogens with zero attached hydrogens (tertiary/aromatic N) is 2. The summed E-state index contributed by atoms with van der Waals surface area (Å²) in [5, 5.41) is 1.55. The maximum absolute atomic E-state index is 12.8. The first-order valence-corrected chi connectivity index (χ1v) is 9.63. The van der Waals surface area contributed by atoms with Gasteiger partial charge in [0.2, 0.25) is 0 Å². The van der Waals surface area contributed by atoms with Crippen molar-refractivity contribution in [3.8, 4) is 5.75 Å². The molecule has 0 amide bonds. The second-order valence-electron chi connectivity index (χ2n) is 6.18. The lowest BCUT2D eigenvalue weighted by atomic mass is 10.2. The van der Waals surface area contributed by atoms with Crippen molar-refractivity contribution < 1.29 is 4.74 Å². The van der Waals surface area contributed by atoms with E-state index in [-0.39, 0.29) is 5.56 Å². The Bertz CT molecular complexity index is 920. The molecule has 128 valence electrons. The fraction of sp³-hybridized carbons (Fsp3) is 0.300. The second kappa shape index (κ2) is 7.31. The lowest BCUT2D eigenvalue weighted by molar-refractivity contribution is 0.318. The van der Waals surface area contributed by atoms with Gasteiger partial charge in [0.05, 0.1) is 17.5 Å². The van der Waals surface area contributed by atoms with Crippen molar-refractivity contribution in [2.45, 2.75) is 30.5 Å². The molecule has 0 bridgehead atoms. The molecule has 1 saturated carbocycles. The van der Waals surface area contributed by atoms with Crippen molar-refractivity contribution >= 4 is 22.7 Å². The van der Waals surface area contributed by atoms with E-state index in [4.69, 9.17) is 9.72 Å². The highest BCUT2D eigenvalue weighted by molar-refractivity contribution is 7.99. The zero-order chi connectivity index (χ0) is 17.1. The van der Waals surface area contributed by atoms with Crippen molar-refractivity contribution in [3.63, 3.8) is 0 Å². The standard InChI is InChI=1S/C20H20N2O2S/c23-19-17-9-4-5-10-18(17)21-20(22(19)15-11-12-15)25-14-6-13-24-16-7-2-1-3-8-16/h1-5,7-10,15H,6,11-14H2. The van der Waals surface area contributed by atoms with Crippen LogP contribution >= 0.6 is 11.8 Å². The summed E-state index contributed by atoms with van der Waals surface area (Å²) >= 11 is 1.65. The van der Waals surface area contributed by atoms with E-state index in [2.05, 4.69) is 0 Å². The molecule has 0 unspecified atom stereocenters. The largest absolute Gasteiger partial charge is 0.494 e. The van der Waals surface area contributed by atoms with E-state index in [9.17, 15) is 4.79 Å². The number of rotatable bonds is 7. The van der Waals surface area contributed by atoms with E-state index in [1.165, 1.54) is 0 Å². The number of aromatic nitrogens is 2. The Balaban J connectivity index is 1.44. The van der Waals surface area contributed by atoms with E-state index < -0.39 is 0 Å². The molecule has 0 N–H and O–H groups in total. The number of thioether (sulfide) groups is 1. The normalized spacial score (nSPS) is 13.9. The highest BCUT2D eigenvalue weighted by Gasteiger charge is 2.28. The van der Waals surface area contributed by atoms with Crippen molar-refractivity contribution in [2.24, 2.45) is 0 Å². The second-order valence-corrected chi connectivity index (χ2v) is 7.24. The Kier molecular flexibility index (Phi) is 4.74. The Hall–Kier alpha value is -2.27. The number of ether oxygens (including phenoxy) is 1. The van der Waals surface area contributed by atoms with Crippen LogP contribution < -0.4 is 10.3 Å². The van der Waals surface area contributed by atoms with Gasteiger partial charge in [0.1, 0.15) is 5.75 Å². The highest BCUT2D eigenvalue weighted by Crippen LogP contribution is 2.36. The third kappa shape index (κ3) is 3.71.